The SMILES string of the molecule is c1ccc(N(c2ccc3c(c2)oc2ccccc23)c2cc3oc4nc(N(c5ccccc5)c5ccc6c(c5)oc5ccccc56)ncc4c3cn2)cc1. The van der Waals surface area contributed by atoms with Crippen LogP contribution < -0.4 is 9.80 Å². The van der Waals surface area contributed by atoms with Gasteiger partial charge in [0.1, 0.15) is 33.7 Å². The van der Waals surface area contributed by atoms with Gasteiger partial charge in [-0.1, -0.05) is 72.8 Å². The van der Waals surface area contributed by atoms with Gasteiger partial charge < -0.3 is 13.3 Å². The molecule has 8 nitrogen and oxygen atoms in total. The Bertz CT molecular complexity index is 2940. The van der Waals surface area contributed by atoms with Crippen molar-refractivity contribution in [3.63, 3.8) is 0 Å². The van der Waals surface area contributed by atoms with Crippen LogP contribution in [0.25, 0.3) is 65.9 Å². The highest BCUT2D eigenvalue weighted by Crippen LogP contribution is 2.41. The average Bonchev–Trinajstić information content (AvgIpc) is 3.89. The molecular formula is C45H27N5O3. The number of anilines is 6. The maximum absolute atomic E-state index is 6.52. The van der Waals surface area contributed by atoms with Gasteiger partial charge in [0.15, 0.2) is 0 Å². The lowest BCUT2D eigenvalue weighted by Crippen LogP contribution is -2.13. The zero-order valence-electron chi connectivity index (χ0n) is 28.0. The maximum atomic E-state index is 6.52. The molecule has 0 fully saturated rings. The molecule has 11 aromatic rings. The molecule has 0 radical (unpaired) electrons. The van der Waals surface area contributed by atoms with Gasteiger partial charge in [-0.3, -0.25) is 9.80 Å². The summed E-state index contributed by atoms with van der Waals surface area (Å²) in [5.41, 5.74) is 8.04. The minimum atomic E-state index is 0.463. The Morgan fingerprint density at radius 2 is 0.868 bits per heavy atom. The Hall–Kier alpha value is -7.45. The van der Waals surface area contributed by atoms with Gasteiger partial charge in [0, 0.05) is 63.5 Å². The number of pyridine rings is 1. The van der Waals surface area contributed by atoms with Gasteiger partial charge in [0.2, 0.25) is 11.7 Å². The molecule has 11 rings (SSSR count). The van der Waals surface area contributed by atoms with Crippen molar-refractivity contribution >= 4 is 100 Å². The summed E-state index contributed by atoms with van der Waals surface area (Å²) in [6, 6.07) is 50.8. The van der Waals surface area contributed by atoms with E-state index in [1.807, 2.05) is 114 Å². The first-order valence-corrected chi connectivity index (χ1v) is 17.3. The highest BCUT2D eigenvalue weighted by molar-refractivity contribution is 6.08. The minimum absolute atomic E-state index is 0.463. The Morgan fingerprint density at radius 1 is 0.358 bits per heavy atom. The summed E-state index contributed by atoms with van der Waals surface area (Å²) in [6.45, 7) is 0. The third-order valence-electron chi connectivity index (χ3n) is 9.79. The first-order valence-electron chi connectivity index (χ1n) is 17.3. The molecule has 0 unspecified atom stereocenters. The lowest BCUT2D eigenvalue weighted by Gasteiger charge is -2.24. The number of fused-ring (bicyclic) bond motifs is 9. The highest BCUT2D eigenvalue weighted by Gasteiger charge is 2.22. The number of nitrogens with zero attached hydrogens (tertiary/aromatic N) is 5. The Morgan fingerprint density at radius 3 is 1.51 bits per heavy atom. The Kier molecular flexibility index (Phi) is 6.38. The monoisotopic (exact) mass is 685 g/mol. The van der Waals surface area contributed by atoms with Crippen LogP contribution in [-0.4, -0.2) is 15.0 Å². The van der Waals surface area contributed by atoms with Gasteiger partial charge in [-0.05, 0) is 60.7 Å². The fraction of sp³-hybridized carbons (Fsp3) is 0. The summed E-state index contributed by atoms with van der Waals surface area (Å²) in [7, 11) is 0. The summed E-state index contributed by atoms with van der Waals surface area (Å²) in [5.74, 6) is 1.16. The summed E-state index contributed by atoms with van der Waals surface area (Å²) in [4.78, 5) is 18.9. The predicted molar refractivity (Wildman–Crippen MR) is 211 cm³/mol. The predicted octanol–water partition coefficient (Wildman–Crippen LogP) is 12.5. The third-order valence-corrected chi connectivity index (χ3v) is 9.79. The van der Waals surface area contributed by atoms with Crippen molar-refractivity contribution in [3.8, 4) is 0 Å². The van der Waals surface area contributed by atoms with Gasteiger partial charge in [0.05, 0.1) is 22.1 Å². The number of rotatable bonds is 6. The second-order valence-corrected chi connectivity index (χ2v) is 12.9. The summed E-state index contributed by atoms with van der Waals surface area (Å²) in [6.07, 6.45) is 3.64. The third kappa shape index (κ3) is 4.73. The van der Waals surface area contributed by atoms with E-state index < -0.39 is 0 Å². The van der Waals surface area contributed by atoms with Crippen LogP contribution in [0.4, 0.5) is 34.5 Å². The number of aromatic nitrogens is 3. The number of para-hydroxylation sites is 4. The van der Waals surface area contributed by atoms with Crippen molar-refractivity contribution in [1.29, 1.82) is 0 Å². The van der Waals surface area contributed by atoms with E-state index in [1.165, 1.54) is 0 Å². The molecular weight excluding hydrogens is 659 g/mol. The van der Waals surface area contributed by atoms with Crippen LogP contribution in [-0.2, 0) is 0 Å². The van der Waals surface area contributed by atoms with E-state index in [2.05, 4.69) is 59.5 Å². The summed E-state index contributed by atoms with van der Waals surface area (Å²) in [5, 5.41) is 5.88. The van der Waals surface area contributed by atoms with Crippen LogP contribution in [0.2, 0.25) is 0 Å². The van der Waals surface area contributed by atoms with Gasteiger partial charge in [-0.25, -0.2) is 9.97 Å². The molecule has 0 aliphatic heterocycles. The zero-order chi connectivity index (χ0) is 34.9. The number of hydrogen-bond donors (Lipinski definition) is 0. The second kappa shape index (κ2) is 11.5. The van der Waals surface area contributed by atoms with E-state index in [1.54, 1.807) is 0 Å². The van der Waals surface area contributed by atoms with Crippen molar-refractivity contribution in [2.45, 2.75) is 0 Å². The highest BCUT2D eigenvalue weighted by atomic mass is 16.3. The van der Waals surface area contributed by atoms with Crippen LogP contribution in [0.15, 0.2) is 177 Å². The molecule has 0 spiro atoms. The van der Waals surface area contributed by atoms with E-state index in [4.69, 9.17) is 28.2 Å². The quantitative estimate of drug-likeness (QED) is 0.171. The number of furan rings is 3. The average molecular weight is 686 g/mol. The Balaban J connectivity index is 1.03. The van der Waals surface area contributed by atoms with Crippen LogP contribution in [0, 0.1) is 0 Å². The van der Waals surface area contributed by atoms with Crippen molar-refractivity contribution in [3.05, 3.63) is 164 Å². The van der Waals surface area contributed by atoms with Crippen LogP contribution in [0.1, 0.15) is 0 Å². The molecule has 6 aromatic carbocycles. The van der Waals surface area contributed by atoms with Crippen molar-refractivity contribution in [1.82, 2.24) is 15.0 Å². The van der Waals surface area contributed by atoms with Crippen molar-refractivity contribution in [2.75, 3.05) is 9.80 Å². The van der Waals surface area contributed by atoms with Crippen molar-refractivity contribution in [2.24, 2.45) is 0 Å². The molecule has 0 aliphatic rings. The fourth-order valence-corrected chi connectivity index (χ4v) is 7.32. The normalized spacial score (nSPS) is 11.8. The molecule has 0 N–H and O–H groups in total. The van der Waals surface area contributed by atoms with E-state index in [0.29, 0.717) is 23.1 Å². The van der Waals surface area contributed by atoms with Crippen LogP contribution in [0.3, 0.4) is 0 Å². The molecule has 5 aromatic heterocycles. The molecule has 0 saturated heterocycles. The van der Waals surface area contributed by atoms with Crippen LogP contribution in [0.5, 0.6) is 0 Å². The van der Waals surface area contributed by atoms with E-state index in [0.717, 1.165) is 77.4 Å². The molecule has 8 heteroatoms. The lowest BCUT2D eigenvalue weighted by atomic mass is 10.1. The van der Waals surface area contributed by atoms with Gasteiger partial charge in [0.25, 0.3) is 0 Å². The van der Waals surface area contributed by atoms with Crippen molar-refractivity contribution < 1.29 is 13.3 Å². The lowest BCUT2D eigenvalue weighted by molar-refractivity contribution is 0.652. The summed E-state index contributed by atoms with van der Waals surface area (Å²) >= 11 is 0. The molecule has 53 heavy (non-hydrogen) atoms. The number of benzene rings is 6. The van der Waals surface area contributed by atoms with Gasteiger partial charge in [-0.15, -0.1) is 0 Å². The topological polar surface area (TPSA) is 84.6 Å². The largest absolute Gasteiger partial charge is 0.456 e. The van der Waals surface area contributed by atoms with Gasteiger partial charge >= 0.3 is 0 Å². The molecule has 0 amide bonds. The maximum Gasteiger partial charge on any atom is 0.237 e. The van der Waals surface area contributed by atoms with E-state index in [9.17, 15) is 0 Å². The smallest absolute Gasteiger partial charge is 0.237 e. The summed E-state index contributed by atoms with van der Waals surface area (Å²) < 4.78 is 19.0. The van der Waals surface area contributed by atoms with E-state index in [-0.39, 0.29) is 0 Å². The molecule has 0 atom stereocenters. The first kappa shape index (κ1) is 29.3. The first-order chi connectivity index (χ1) is 26.2. The molecule has 0 aliphatic carbocycles. The Labute approximate surface area is 301 Å². The molecule has 0 saturated carbocycles. The van der Waals surface area contributed by atoms with Crippen LogP contribution >= 0.6 is 0 Å². The molecule has 5 heterocycles. The minimum Gasteiger partial charge on any atom is -0.456 e. The number of hydrogen-bond acceptors (Lipinski definition) is 8. The second-order valence-electron chi connectivity index (χ2n) is 12.9. The molecule has 250 valence electrons. The molecule has 0 bridgehead atoms. The standard InChI is InChI=1S/C45H27N5O3/c1-3-11-28(12-4-1)49(30-19-21-34-32-15-7-9-17-38(32)51-40(34)23-30)43-25-42-36(26-46-43)37-27-47-45(48-44(37)53-42)50(29-13-5-2-6-14-29)31-20-22-35-33-16-8-10-18-39(33)52-41(35)24-31/h1-27H. The zero-order valence-corrected chi connectivity index (χ0v) is 28.0. The van der Waals surface area contributed by atoms with Gasteiger partial charge in [-0.2, -0.15) is 4.98 Å². The fourth-order valence-electron chi connectivity index (χ4n) is 7.32. The van der Waals surface area contributed by atoms with E-state index >= 15 is 0 Å².